The lowest BCUT2D eigenvalue weighted by Crippen LogP contribution is -2.23. The van der Waals surface area contributed by atoms with Crippen molar-refractivity contribution in [1.29, 1.82) is 0 Å². The van der Waals surface area contributed by atoms with Gasteiger partial charge < -0.3 is 15.6 Å². The van der Waals surface area contributed by atoms with Crippen LogP contribution >= 0.6 is 23.7 Å². The minimum Gasteiger partial charge on any atom is -0.359 e. The molecule has 0 fully saturated rings. The van der Waals surface area contributed by atoms with Crippen LogP contribution in [0, 0.1) is 0 Å². The third kappa shape index (κ3) is 5.30. The molecule has 0 saturated heterocycles. The standard InChI is InChI=1S/C15H22N4O2S.ClH/c1-3-10(4-2)12-7-11(21-19-12)8-17-15(20)13-9-22-14(18-13)5-6-16;/h7,9-10H,3-6,8,16H2,1-2H3,(H,17,20);1H. The van der Waals surface area contributed by atoms with E-state index in [1.807, 2.05) is 6.07 Å². The molecule has 0 saturated carbocycles. The monoisotopic (exact) mass is 358 g/mol. The topological polar surface area (TPSA) is 94.0 Å². The number of aromatic nitrogens is 2. The van der Waals surface area contributed by atoms with Gasteiger partial charge in [-0.1, -0.05) is 19.0 Å². The molecule has 0 bridgehead atoms. The minimum absolute atomic E-state index is 0. The minimum atomic E-state index is -0.208. The molecule has 2 aromatic heterocycles. The molecule has 0 aliphatic rings. The molecule has 0 radical (unpaired) electrons. The molecule has 0 spiro atoms. The van der Waals surface area contributed by atoms with Crippen LogP contribution in [0.3, 0.4) is 0 Å². The molecule has 0 aliphatic carbocycles. The van der Waals surface area contributed by atoms with Gasteiger partial charge in [0.15, 0.2) is 5.76 Å². The normalized spacial score (nSPS) is 10.6. The summed E-state index contributed by atoms with van der Waals surface area (Å²) in [5, 5.41) is 9.51. The zero-order chi connectivity index (χ0) is 15.9. The fraction of sp³-hybridized carbons (Fsp3) is 0.533. The van der Waals surface area contributed by atoms with Crippen LogP contribution in [0.25, 0.3) is 0 Å². The van der Waals surface area contributed by atoms with Crippen LogP contribution in [0.4, 0.5) is 0 Å². The van der Waals surface area contributed by atoms with Gasteiger partial charge in [0.25, 0.3) is 5.91 Å². The zero-order valence-corrected chi connectivity index (χ0v) is 15.0. The summed E-state index contributed by atoms with van der Waals surface area (Å²) in [5.41, 5.74) is 6.85. The van der Waals surface area contributed by atoms with Crippen LogP contribution in [0.5, 0.6) is 0 Å². The van der Waals surface area contributed by atoms with Gasteiger partial charge in [-0.05, 0) is 19.4 Å². The Balaban J connectivity index is 0.00000264. The highest BCUT2D eigenvalue weighted by molar-refractivity contribution is 7.09. The van der Waals surface area contributed by atoms with Crippen LogP contribution in [0.1, 0.15) is 59.6 Å². The van der Waals surface area contributed by atoms with E-state index in [1.54, 1.807) is 5.38 Å². The van der Waals surface area contributed by atoms with Crippen molar-refractivity contribution in [3.63, 3.8) is 0 Å². The van der Waals surface area contributed by atoms with E-state index in [-0.39, 0.29) is 18.3 Å². The predicted molar refractivity (Wildman–Crippen MR) is 93.1 cm³/mol. The van der Waals surface area contributed by atoms with E-state index in [2.05, 4.69) is 29.3 Å². The number of nitrogens with two attached hydrogens (primary N) is 1. The third-order valence-corrected chi connectivity index (χ3v) is 4.46. The van der Waals surface area contributed by atoms with E-state index >= 15 is 0 Å². The second kappa shape index (κ2) is 9.64. The fourth-order valence-corrected chi connectivity index (χ4v) is 3.02. The third-order valence-electron chi connectivity index (χ3n) is 3.55. The first-order valence-electron chi connectivity index (χ1n) is 7.56. The number of nitrogens with zero attached hydrogens (tertiary/aromatic N) is 2. The van der Waals surface area contributed by atoms with Crippen molar-refractivity contribution in [1.82, 2.24) is 15.5 Å². The molecule has 0 aromatic carbocycles. The number of carbonyl (C=O) groups is 1. The maximum Gasteiger partial charge on any atom is 0.271 e. The Hall–Kier alpha value is -1.44. The molecular weight excluding hydrogens is 336 g/mol. The molecule has 6 nitrogen and oxygen atoms in total. The number of halogens is 1. The summed E-state index contributed by atoms with van der Waals surface area (Å²) in [6, 6.07) is 1.92. The summed E-state index contributed by atoms with van der Waals surface area (Å²) in [5.74, 6) is 0.859. The Morgan fingerprint density at radius 1 is 1.43 bits per heavy atom. The Morgan fingerprint density at radius 3 is 2.83 bits per heavy atom. The summed E-state index contributed by atoms with van der Waals surface area (Å²) in [4.78, 5) is 16.3. The number of thiazole rings is 1. The van der Waals surface area contributed by atoms with Gasteiger partial charge in [0.2, 0.25) is 0 Å². The molecule has 23 heavy (non-hydrogen) atoms. The smallest absolute Gasteiger partial charge is 0.271 e. The lowest BCUT2D eigenvalue weighted by atomic mass is 9.99. The quantitative estimate of drug-likeness (QED) is 0.756. The summed E-state index contributed by atoms with van der Waals surface area (Å²) in [6.45, 7) is 5.11. The number of nitrogens with one attached hydrogen (secondary N) is 1. The lowest BCUT2D eigenvalue weighted by Gasteiger charge is -2.05. The molecule has 0 atom stereocenters. The van der Waals surface area contributed by atoms with Gasteiger partial charge in [0, 0.05) is 23.8 Å². The van der Waals surface area contributed by atoms with Crippen molar-refractivity contribution in [2.24, 2.45) is 5.73 Å². The Bertz CT molecular complexity index is 610. The van der Waals surface area contributed by atoms with Gasteiger partial charge in [-0.15, -0.1) is 23.7 Å². The zero-order valence-electron chi connectivity index (χ0n) is 13.4. The number of carbonyl (C=O) groups excluding carboxylic acids is 1. The second-order valence-corrected chi connectivity index (χ2v) is 6.02. The maximum atomic E-state index is 12.0. The lowest BCUT2D eigenvalue weighted by molar-refractivity contribution is 0.0942. The van der Waals surface area contributed by atoms with E-state index in [9.17, 15) is 4.79 Å². The van der Waals surface area contributed by atoms with Gasteiger partial charge in [-0.3, -0.25) is 4.79 Å². The van der Waals surface area contributed by atoms with E-state index in [1.165, 1.54) is 11.3 Å². The highest BCUT2D eigenvalue weighted by Gasteiger charge is 2.15. The average Bonchev–Trinajstić information content (AvgIpc) is 3.16. The van der Waals surface area contributed by atoms with Crippen molar-refractivity contribution in [2.45, 2.75) is 45.6 Å². The molecule has 2 aromatic rings. The molecule has 0 aliphatic heterocycles. The molecule has 8 heteroatoms. The molecule has 3 N–H and O–H groups in total. The number of hydrogen-bond donors (Lipinski definition) is 2. The van der Waals surface area contributed by atoms with E-state index in [0.29, 0.717) is 36.9 Å². The van der Waals surface area contributed by atoms with Crippen LogP contribution < -0.4 is 11.1 Å². The Morgan fingerprint density at radius 2 is 2.17 bits per heavy atom. The SMILES string of the molecule is CCC(CC)c1cc(CNC(=O)c2csc(CCN)n2)on1.Cl. The maximum absolute atomic E-state index is 12.0. The first kappa shape index (κ1) is 19.6. The average molecular weight is 359 g/mol. The molecule has 2 rings (SSSR count). The summed E-state index contributed by atoms with van der Waals surface area (Å²) < 4.78 is 5.28. The Kier molecular flexibility index (Phi) is 8.22. The molecule has 2 heterocycles. The number of amides is 1. The van der Waals surface area contributed by atoms with Crippen LogP contribution in [0.15, 0.2) is 16.0 Å². The first-order chi connectivity index (χ1) is 10.7. The van der Waals surface area contributed by atoms with Gasteiger partial charge in [-0.2, -0.15) is 0 Å². The number of hydrogen-bond acceptors (Lipinski definition) is 6. The van der Waals surface area contributed by atoms with Crippen molar-refractivity contribution in [2.75, 3.05) is 6.54 Å². The first-order valence-corrected chi connectivity index (χ1v) is 8.44. The van der Waals surface area contributed by atoms with Gasteiger partial charge in [0.1, 0.15) is 5.69 Å². The van der Waals surface area contributed by atoms with E-state index in [4.69, 9.17) is 10.3 Å². The van der Waals surface area contributed by atoms with Gasteiger partial charge in [0.05, 0.1) is 17.2 Å². The van der Waals surface area contributed by atoms with Crippen LogP contribution in [-0.4, -0.2) is 22.6 Å². The predicted octanol–water partition coefficient (Wildman–Crippen LogP) is 2.89. The molecule has 128 valence electrons. The summed E-state index contributed by atoms with van der Waals surface area (Å²) >= 11 is 1.45. The second-order valence-electron chi connectivity index (χ2n) is 5.08. The Labute approximate surface area is 146 Å². The summed E-state index contributed by atoms with van der Waals surface area (Å²) in [6.07, 6.45) is 2.74. The van der Waals surface area contributed by atoms with Crippen LogP contribution in [-0.2, 0) is 13.0 Å². The van der Waals surface area contributed by atoms with Gasteiger partial charge >= 0.3 is 0 Å². The fourth-order valence-electron chi connectivity index (χ4n) is 2.22. The molecular formula is C15H23ClN4O2S. The van der Waals surface area contributed by atoms with Gasteiger partial charge in [-0.25, -0.2) is 4.98 Å². The summed E-state index contributed by atoms with van der Waals surface area (Å²) in [7, 11) is 0. The highest BCUT2D eigenvalue weighted by atomic mass is 35.5. The molecule has 1 amide bonds. The van der Waals surface area contributed by atoms with Crippen molar-refractivity contribution in [3.05, 3.63) is 33.6 Å². The van der Waals surface area contributed by atoms with Crippen molar-refractivity contribution < 1.29 is 9.32 Å². The van der Waals surface area contributed by atoms with E-state index < -0.39 is 0 Å². The highest BCUT2D eigenvalue weighted by Crippen LogP contribution is 2.22. The van der Waals surface area contributed by atoms with E-state index in [0.717, 1.165) is 23.5 Å². The number of rotatable bonds is 8. The van der Waals surface area contributed by atoms with Crippen molar-refractivity contribution >= 4 is 29.7 Å². The largest absolute Gasteiger partial charge is 0.359 e. The van der Waals surface area contributed by atoms with Crippen LogP contribution in [0.2, 0.25) is 0 Å². The molecule has 0 unspecified atom stereocenters. The van der Waals surface area contributed by atoms with Crippen molar-refractivity contribution in [3.8, 4) is 0 Å².